The van der Waals surface area contributed by atoms with E-state index in [-0.39, 0.29) is 12.4 Å². The minimum atomic E-state index is -3.28. The molecule has 0 unspecified atom stereocenters. The van der Waals surface area contributed by atoms with Crippen LogP contribution in [-0.2, 0) is 21.3 Å². The van der Waals surface area contributed by atoms with Crippen LogP contribution in [0.5, 0.6) is 11.5 Å². The largest absolute Gasteiger partial charge is 0.457 e. The van der Waals surface area contributed by atoms with Gasteiger partial charge in [0, 0.05) is 19.7 Å². The van der Waals surface area contributed by atoms with Gasteiger partial charge in [-0.05, 0) is 36.8 Å². The molecule has 0 fully saturated rings. The quantitative estimate of drug-likeness (QED) is 0.617. The van der Waals surface area contributed by atoms with Gasteiger partial charge in [-0.3, -0.25) is 0 Å². The Kier molecular flexibility index (Phi) is 8.92. The molecule has 0 heterocycles. The Hall–Kier alpha value is -1.60. The number of hydrogen-bond acceptors (Lipinski definition) is 4. The highest BCUT2D eigenvalue weighted by molar-refractivity contribution is 7.88. The molecule has 0 saturated carbocycles. The first-order valence-corrected chi connectivity index (χ1v) is 9.68. The second-order valence-corrected chi connectivity index (χ2v) is 7.33. The molecule has 2 aromatic carbocycles. The van der Waals surface area contributed by atoms with Crippen LogP contribution in [0.1, 0.15) is 12.5 Å². The second kappa shape index (κ2) is 10.4. The van der Waals surface area contributed by atoms with E-state index in [0.717, 1.165) is 11.3 Å². The fourth-order valence-corrected chi connectivity index (χ4v) is 2.95. The molecule has 2 aromatic rings. The van der Waals surface area contributed by atoms with Crippen LogP contribution >= 0.6 is 12.4 Å². The van der Waals surface area contributed by atoms with Gasteiger partial charge in [0.2, 0.25) is 10.0 Å². The molecule has 0 N–H and O–H groups in total. The smallest absolute Gasteiger partial charge is 0.211 e. The number of nitrogens with zero attached hydrogens (tertiary/aromatic N) is 1. The molecule has 5 nitrogen and oxygen atoms in total. The summed E-state index contributed by atoms with van der Waals surface area (Å²) in [5, 5.41) is 0. The molecule has 138 valence electrons. The Morgan fingerprint density at radius 1 is 0.960 bits per heavy atom. The molecular weight excluding hydrogens is 362 g/mol. The number of halogens is 1. The maximum atomic E-state index is 11.9. The van der Waals surface area contributed by atoms with Crippen LogP contribution in [0.25, 0.3) is 0 Å². The highest BCUT2D eigenvalue weighted by Crippen LogP contribution is 2.21. The zero-order chi connectivity index (χ0) is 17.4. The summed E-state index contributed by atoms with van der Waals surface area (Å²) in [6, 6.07) is 16.9. The first kappa shape index (κ1) is 21.4. The summed E-state index contributed by atoms with van der Waals surface area (Å²) in [6.45, 7) is 3.50. The maximum Gasteiger partial charge on any atom is 0.211 e. The van der Waals surface area contributed by atoms with Crippen LogP contribution in [0.3, 0.4) is 0 Å². The van der Waals surface area contributed by atoms with Crippen molar-refractivity contribution in [3.05, 3.63) is 60.2 Å². The summed E-state index contributed by atoms with van der Waals surface area (Å²) < 4.78 is 36.2. The molecule has 0 aliphatic carbocycles. The molecule has 0 aromatic heterocycles. The van der Waals surface area contributed by atoms with Crippen LogP contribution in [0.2, 0.25) is 0 Å². The van der Waals surface area contributed by atoms with Crippen LogP contribution in [-0.4, -0.2) is 38.7 Å². The lowest BCUT2D eigenvalue weighted by Crippen LogP contribution is -2.32. The third-order valence-electron chi connectivity index (χ3n) is 3.42. The van der Waals surface area contributed by atoms with Gasteiger partial charge in [-0.2, -0.15) is 4.31 Å². The van der Waals surface area contributed by atoms with Crippen LogP contribution < -0.4 is 4.74 Å². The molecule has 0 aliphatic rings. The number of ether oxygens (including phenoxy) is 2. The number of para-hydroxylation sites is 1. The van der Waals surface area contributed by atoms with Crippen molar-refractivity contribution < 1.29 is 17.9 Å². The topological polar surface area (TPSA) is 55.8 Å². The predicted octanol–water partition coefficient (Wildman–Crippen LogP) is 3.70. The Balaban J connectivity index is 0.00000312. The lowest BCUT2D eigenvalue weighted by Gasteiger charge is -2.20. The van der Waals surface area contributed by atoms with E-state index in [9.17, 15) is 8.42 Å². The van der Waals surface area contributed by atoms with Gasteiger partial charge in [0.25, 0.3) is 0 Å². The lowest BCUT2D eigenvalue weighted by atomic mass is 10.2. The molecule has 0 saturated heterocycles. The van der Waals surface area contributed by atoms with Crippen molar-refractivity contribution in [3.8, 4) is 11.5 Å². The number of sulfonamides is 1. The number of rotatable bonds is 9. The van der Waals surface area contributed by atoms with Crippen molar-refractivity contribution >= 4 is 22.4 Å². The molecule has 7 heteroatoms. The predicted molar refractivity (Wildman–Crippen MR) is 102 cm³/mol. The van der Waals surface area contributed by atoms with Gasteiger partial charge in [0.05, 0.1) is 12.9 Å². The first-order valence-electron chi connectivity index (χ1n) is 7.83. The van der Waals surface area contributed by atoms with Crippen molar-refractivity contribution in [1.82, 2.24) is 4.31 Å². The van der Waals surface area contributed by atoms with Gasteiger partial charge >= 0.3 is 0 Å². The van der Waals surface area contributed by atoms with E-state index in [2.05, 4.69) is 0 Å². The Bertz CT molecular complexity index is 721. The SMILES string of the molecule is CCOCCN(Cc1ccc(Oc2ccccc2)cc1)S(C)(=O)=O.Cl. The van der Waals surface area contributed by atoms with E-state index in [4.69, 9.17) is 9.47 Å². The standard InChI is InChI=1S/C18H23NO4S.ClH/c1-3-22-14-13-19(24(2,20)21)15-16-9-11-18(12-10-16)23-17-7-5-4-6-8-17;/h4-12H,3,13-15H2,1-2H3;1H. The van der Waals surface area contributed by atoms with E-state index >= 15 is 0 Å². The Labute approximate surface area is 156 Å². The maximum absolute atomic E-state index is 11.9. The van der Waals surface area contributed by atoms with E-state index in [0.29, 0.717) is 32.1 Å². The Morgan fingerprint density at radius 2 is 1.56 bits per heavy atom. The highest BCUT2D eigenvalue weighted by atomic mass is 35.5. The monoisotopic (exact) mass is 385 g/mol. The highest BCUT2D eigenvalue weighted by Gasteiger charge is 2.16. The molecule has 0 aliphatic heterocycles. The summed E-state index contributed by atoms with van der Waals surface area (Å²) in [5.74, 6) is 1.48. The lowest BCUT2D eigenvalue weighted by molar-refractivity contribution is 0.133. The summed E-state index contributed by atoms with van der Waals surface area (Å²) >= 11 is 0. The minimum absolute atomic E-state index is 0. The summed E-state index contributed by atoms with van der Waals surface area (Å²) in [7, 11) is -3.28. The van der Waals surface area contributed by atoms with Crippen molar-refractivity contribution in [3.63, 3.8) is 0 Å². The molecule has 25 heavy (non-hydrogen) atoms. The van der Waals surface area contributed by atoms with E-state index in [1.807, 2.05) is 61.5 Å². The van der Waals surface area contributed by atoms with Crippen molar-refractivity contribution in [1.29, 1.82) is 0 Å². The summed E-state index contributed by atoms with van der Waals surface area (Å²) in [5.41, 5.74) is 0.900. The van der Waals surface area contributed by atoms with Crippen molar-refractivity contribution in [2.45, 2.75) is 13.5 Å². The molecule has 0 spiro atoms. The molecule has 0 radical (unpaired) electrons. The van der Waals surface area contributed by atoms with E-state index in [1.165, 1.54) is 10.6 Å². The fraction of sp³-hybridized carbons (Fsp3) is 0.333. The van der Waals surface area contributed by atoms with Gasteiger partial charge in [-0.1, -0.05) is 30.3 Å². The summed E-state index contributed by atoms with van der Waals surface area (Å²) in [6.07, 6.45) is 1.21. The second-order valence-electron chi connectivity index (χ2n) is 5.35. The number of hydrogen-bond donors (Lipinski definition) is 0. The van der Waals surface area contributed by atoms with Crippen LogP contribution in [0, 0.1) is 0 Å². The fourth-order valence-electron chi connectivity index (χ4n) is 2.16. The molecule has 0 atom stereocenters. The summed E-state index contributed by atoms with van der Waals surface area (Å²) in [4.78, 5) is 0. The molecule has 0 bridgehead atoms. The van der Waals surface area contributed by atoms with Gasteiger partial charge in [0.1, 0.15) is 11.5 Å². The first-order chi connectivity index (χ1) is 11.5. The van der Waals surface area contributed by atoms with Gasteiger partial charge in [-0.15, -0.1) is 12.4 Å². The van der Waals surface area contributed by atoms with Gasteiger partial charge in [-0.25, -0.2) is 8.42 Å². The van der Waals surface area contributed by atoms with E-state index in [1.54, 1.807) is 0 Å². The molecule has 2 rings (SSSR count). The van der Waals surface area contributed by atoms with Crippen molar-refractivity contribution in [2.75, 3.05) is 26.0 Å². The zero-order valence-corrected chi connectivity index (χ0v) is 16.1. The minimum Gasteiger partial charge on any atom is -0.457 e. The van der Waals surface area contributed by atoms with Crippen LogP contribution in [0.15, 0.2) is 54.6 Å². The average Bonchev–Trinajstić information content (AvgIpc) is 2.56. The van der Waals surface area contributed by atoms with Crippen LogP contribution in [0.4, 0.5) is 0 Å². The van der Waals surface area contributed by atoms with Gasteiger partial charge in [0.15, 0.2) is 0 Å². The normalized spacial score (nSPS) is 11.2. The molecular formula is C18H24ClNO4S. The van der Waals surface area contributed by atoms with Gasteiger partial charge < -0.3 is 9.47 Å². The number of benzene rings is 2. The van der Waals surface area contributed by atoms with E-state index < -0.39 is 10.0 Å². The molecule has 0 amide bonds. The zero-order valence-electron chi connectivity index (χ0n) is 14.4. The van der Waals surface area contributed by atoms with Crippen molar-refractivity contribution in [2.24, 2.45) is 0 Å². The third kappa shape index (κ3) is 7.44. The third-order valence-corrected chi connectivity index (χ3v) is 4.67. The Morgan fingerprint density at radius 3 is 2.12 bits per heavy atom. The average molecular weight is 386 g/mol.